The number of halogens is 4. The highest BCUT2D eigenvalue weighted by Crippen LogP contribution is 2.33. The Kier molecular flexibility index (Phi) is 6.63. The maximum absolute atomic E-state index is 13.9. The number of anilines is 2. The van der Waals surface area contributed by atoms with Gasteiger partial charge in [-0.2, -0.15) is 13.2 Å². The van der Waals surface area contributed by atoms with Gasteiger partial charge in [-0.3, -0.25) is 0 Å². The van der Waals surface area contributed by atoms with Crippen LogP contribution in [0, 0.1) is 11.7 Å². The van der Waals surface area contributed by atoms with Crippen LogP contribution in [0.2, 0.25) is 0 Å². The molecule has 3 N–H and O–H groups in total. The maximum Gasteiger partial charge on any atom is 0.433 e. The van der Waals surface area contributed by atoms with Crippen molar-refractivity contribution >= 4 is 21.7 Å². The Morgan fingerprint density at radius 2 is 1.97 bits per heavy atom. The molecular formula is C19H23F4N5O3S. The lowest BCUT2D eigenvalue weighted by Gasteiger charge is -2.44. The van der Waals surface area contributed by atoms with Crippen molar-refractivity contribution in [2.24, 2.45) is 11.1 Å². The van der Waals surface area contributed by atoms with E-state index < -0.39 is 44.8 Å². The van der Waals surface area contributed by atoms with Crippen molar-refractivity contribution < 1.29 is 31.1 Å². The molecule has 1 fully saturated rings. The average Bonchev–Trinajstić information content (AvgIpc) is 2.71. The number of hydrogen-bond acceptors (Lipinski definition) is 7. The highest BCUT2D eigenvalue weighted by molar-refractivity contribution is 7.89. The molecule has 1 unspecified atom stereocenters. The molecule has 0 bridgehead atoms. The van der Waals surface area contributed by atoms with Gasteiger partial charge < -0.3 is 14.9 Å². The summed E-state index contributed by atoms with van der Waals surface area (Å²) in [7, 11) is -4.26. The molecule has 1 aliphatic heterocycles. The number of aromatic nitrogens is 2. The van der Waals surface area contributed by atoms with Gasteiger partial charge in [0.15, 0.2) is 5.69 Å². The number of nitrogens with two attached hydrogens (primary N) is 1. The van der Waals surface area contributed by atoms with E-state index in [-0.39, 0.29) is 24.5 Å². The summed E-state index contributed by atoms with van der Waals surface area (Å²) < 4.78 is 77.3. The van der Waals surface area contributed by atoms with Crippen molar-refractivity contribution in [2.45, 2.75) is 37.6 Å². The van der Waals surface area contributed by atoms with E-state index in [1.54, 1.807) is 4.90 Å². The van der Waals surface area contributed by atoms with E-state index in [4.69, 9.17) is 5.14 Å². The standard InChI is InChI=1S/C19H23F4N5O3S/c1-11(2)15-9-27(13-3-4-14(20)16(7-13)32(24,30)31)5-6-28(15)18-25-8-12(10-29)17(26-18)19(21,22)23/h3-4,7-8,11,15,29H,5-6,9-10H2,1-2H3,(H2,24,30,31). The molecule has 2 heterocycles. The topological polar surface area (TPSA) is 113 Å². The zero-order valence-corrected chi connectivity index (χ0v) is 18.2. The number of primary sulfonamides is 1. The van der Waals surface area contributed by atoms with Gasteiger partial charge in [0.05, 0.1) is 12.6 Å². The second kappa shape index (κ2) is 8.79. The van der Waals surface area contributed by atoms with Crippen molar-refractivity contribution in [1.82, 2.24) is 9.97 Å². The van der Waals surface area contributed by atoms with Gasteiger partial charge in [0.25, 0.3) is 0 Å². The number of nitrogens with zero attached hydrogens (tertiary/aromatic N) is 4. The average molecular weight is 477 g/mol. The fourth-order valence-electron chi connectivity index (χ4n) is 3.67. The summed E-state index contributed by atoms with van der Waals surface area (Å²) in [6, 6.07) is 3.25. The van der Waals surface area contributed by atoms with E-state index in [2.05, 4.69) is 9.97 Å². The van der Waals surface area contributed by atoms with Gasteiger partial charge in [-0.25, -0.2) is 27.9 Å². The fraction of sp³-hybridized carbons (Fsp3) is 0.474. The number of benzene rings is 1. The van der Waals surface area contributed by atoms with E-state index in [1.165, 1.54) is 6.07 Å². The summed E-state index contributed by atoms with van der Waals surface area (Å²) >= 11 is 0. The molecule has 1 saturated heterocycles. The molecule has 0 aliphatic carbocycles. The van der Waals surface area contributed by atoms with Crippen molar-refractivity contribution in [3.8, 4) is 0 Å². The van der Waals surface area contributed by atoms with Crippen LogP contribution in [-0.2, 0) is 22.8 Å². The molecule has 32 heavy (non-hydrogen) atoms. The van der Waals surface area contributed by atoms with Gasteiger partial charge >= 0.3 is 6.18 Å². The monoisotopic (exact) mass is 477 g/mol. The fourth-order valence-corrected chi connectivity index (χ4v) is 4.29. The Bertz CT molecular complexity index is 1090. The molecule has 2 aromatic rings. The third-order valence-corrected chi connectivity index (χ3v) is 6.25. The molecule has 0 amide bonds. The van der Waals surface area contributed by atoms with Crippen LogP contribution in [0.5, 0.6) is 0 Å². The maximum atomic E-state index is 13.9. The predicted octanol–water partition coefficient (Wildman–Crippen LogP) is 2.13. The van der Waals surface area contributed by atoms with Gasteiger partial charge in [0.2, 0.25) is 16.0 Å². The number of alkyl halides is 3. The van der Waals surface area contributed by atoms with Gasteiger partial charge in [-0.15, -0.1) is 0 Å². The lowest BCUT2D eigenvalue weighted by Crippen LogP contribution is -2.56. The number of aliphatic hydroxyl groups is 1. The normalized spacial score (nSPS) is 17.8. The van der Waals surface area contributed by atoms with Crippen LogP contribution in [0.1, 0.15) is 25.1 Å². The molecule has 0 saturated carbocycles. The molecular weight excluding hydrogens is 454 g/mol. The van der Waals surface area contributed by atoms with Crippen molar-refractivity contribution in [3.63, 3.8) is 0 Å². The Hall–Kier alpha value is -2.51. The van der Waals surface area contributed by atoms with Crippen molar-refractivity contribution in [1.29, 1.82) is 0 Å². The summed E-state index contributed by atoms with van der Waals surface area (Å²) in [5.41, 5.74) is -1.18. The lowest BCUT2D eigenvalue weighted by atomic mass is 9.99. The molecule has 3 rings (SSSR count). The van der Waals surface area contributed by atoms with Crippen molar-refractivity contribution in [2.75, 3.05) is 29.4 Å². The third-order valence-electron chi connectivity index (χ3n) is 5.32. The van der Waals surface area contributed by atoms with Crippen LogP contribution in [0.15, 0.2) is 29.3 Å². The van der Waals surface area contributed by atoms with Crippen molar-refractivity contribution in [3.05, 3.63) is 41.5 Å². The Morgan fingerprint density at radius 3 is 2.53 bits per heavy atom. The smallest absolute Gasteiger partial charge is 0.392 e. The first-order valence-corrected chi connectivity index (χ1v) is 11.3. The quantitative estimate of drug-likeness (QED) is 0.635. The summed E-state index contributed by atoms with van der Waals surface area (Å²) in [5.74, 6) is -1.11. The Balaban J connectivity index is 1.94. The van der Waals surface area contributed by atoms with Crippen LogP contribution >= 0.6 is 0 Å². The first-order valence-electron chi connectivity index (χ1n) is 9.70. The minimum Gasteiger partial charge on any atom is -0.392 e. The van der Waals surface area contributed by atoms with Gasteiger partial charge in [-0.1, -0.05) is 13.8 Å². The molecule has 13 heteroatoms. The number of hydrogen-bond donors (Lipinski definition) is 2. The van der Waals surface area contributed by atoms with Crippen LogP contribution in [0.25, 0.3) is 0 Å². The van der Waals surface area contributed by atoms with Gasteiger partial charge in [0, 0.05) is 37.1 Å². The predicted molar refractivity (Wildman–Crippen MR) is 109 cm³/mol. The number of aliphatic hydroxyl groups excluding tert-OH is 1. The summed E-state index contributed by atoms with van der Waals surface area (Å²) in [6.07, 6.45) is -3.78. The third kappa shape index (κ3) is 4.94. The first kappa shape index (κ1) is 24.1. The Labute approximate surface area is 182 Å². The molecule has 8 nitrogen and oxygen atoms in total. The molecule has 0 spiro atoms. The molecule has 1 aromatic heterocycles. The molecule has 1 atom stereocenters. The zero-order chi connectivity index (χ0) is 23.8. The minimum absolute atomic E-state index is 0.0357. The van der Waals surface area contributed by atoms with Crippen LogP contribution in [0.3, 0.4) is 0 Å². The van der Waals surface area contributed by atoms with E-state index in [1.807, 2.05) is 18.7 Å². The van der Waals surface area contributed by atoms with Crippen LogP contribution in [-0.4, -0.2) is 49.2 Å². The number of sulfonamides is 1. The van der Waals surface area contributed by atoms with Crippen LogP contribution < -0.4 is 14.9 Å². The molecule has 1 aromatic carbocycles. The van der Waals surface area contributed by atoms with E-state index >= 15 is 0 Å². The van der Waals surface area contributed by atoms with E-state index in [0.29, 0.717) is 18.8 Å². The summed E-state index contributed by atoms with van der Waals surface area (Å²) in [5, 5.41) is 14.3. The second-order valence-corrected chi connectivity index (χ2v) is 9.34. The molecule has 176 valence electrons. The SMILES string of the molecule is CC(C)C1CN(c2ccc(F)c(S(N)(=O)=O)c2)CCN1c1ncc(CO)c(C(F)(F)F)n1. The minimum atomic E-state index is -4.75. The van der Waals surface area contributed by atoms with E-state index in [0.717, 1.165) is 18.3 Å². The highest BCUT2D eigenvalue weighted by atomic mass is 32.2. The number of rotatable bonds is 5. The van der Waals surface area contributed by atoms with Crippen LogP contribution in [0.4, 0.5) is 29.2 Å². The molecule has 1 aliphatic rings. The largest absolute Gasteiger partial charge is 0.433 e. The highest BCUT2D eigenvalue weighted by Gasteiger charge is 2.38. The number of piperazine rings is 1. The zero-order valence-electron chi connectivity index (χ0n) is 17.3. The van der Waals surface area contributed by atoms with Gasteiger partial charge in [0.1, 0.15) is 10.7 Å². The Morgan fingerprint density at radius 1 is 1.28 bits per heavy atom. The molecule has 0 radical (unpaired) electrons. The van der Waals surface area contributed by atoms with E-state index in [9.17, 15) is 31.1 Å². The van der Waals surface area contributed by atoms with Gasteiger partial charge in [-0.05, 0) is 24.1 Å². The lowest BCUT2D eigenvalue weighted by molar-refractivity contribution is -0.142. The second-order valence-electron chi connectivity index (χ2n) is 7.81. The summed E-state index contributed by atoms with van der Waals surface area (Å²) in [4.78, 5) is 10.6. The first-order chi connectivity index (χ1) is 14.8. The summed E-state index contributed by atoms with van der Waals surface area (Å²) in [6.45, 7) is 3.77.